The number of hydrogen-bond donors (Lipinski definition) is 2. The smallest absolute Gasteiger partial charge is 0.253 e. The minimum atomic E-state index is -0.432. The van der Waals surface area contributed by atoms with E-state index in [0.29, 0.717) is 32.0 Å². The van der Waals surface area contributed by atoms with Crippen molar-refractivity contribution >= 4 is 11.8 Å². The number of carbonyl (C=O) groups is 2. The zero-order valence-corrected chi connectivity index (χ0v) is 21.4. The summed E-state index contributed by atoms with van der Waals surface area (Å²) in [5, 5.41) is 0. The minimum absolute atomic E-state index is 0.0657. The Balaban J connectivity index is 1.73. The van der Waals surface area contributed by atoms with E-state index in [4.69, 9.17) is 11.5 Å². The van der Waals surface area contributed by atoms with Crippen LogP contribution in [0.4, 0.5) is 0 Å². The number of nitrogens with zero attached hydrogens (tertiary/aromatic N) is 2. The maximum atomic E-state index is 12.8. The van der Waals surface area contributed by atoms with Crippen molar-refractivity contribution in [3.63, 3.8) is 0 Å². The van der Waals surface area contributed by atoms with Crippen molar-refractivity contribution in [3.8, 4) is 0 Å². The van der Waals surface area contributed by atoms with Gasteiger partial charge in [-0.25, -0.2) is 0 Å². The molecular formula is C29H42N4O2. The quantitative estimate of drug-likeness (QED) is 0.478. The van der Waals surface area contributed by atoms with Gasteiger partial charge in [0.15, 0.2) is 0 Å². The average Bonchev–Trinajstić information content (AvgIpc) is 2.90. The SMILES string of the molecule is CCN(CC)C(=O)c1ccc(C(c2ccccc2)C2CCN(C(=O)C(N)CCCCN)CC2)cc1. The Bertz CT molecular complexity index is 919. The van der Waals surface area contributed by atoms with Gasteiger partial charge >= 0.3 is 0 Å². The summed E-state index contributed by atoms with van der Waals surface area (Å²) in [6.07, 6.45) is 4.35. The molecule has 3 rings (SSSR count). The molecule has 2 aromatic carbocycles. The maximum absolute atomic E-state index is 12.8. The van der Waals surface area contributed by atoms with Crippen molar-refractivity contribution < 1.29 is 9.59 Å². The fourth-order valence-corrected chi connectivity index (χ4v) is 5.24. The number of piperidine rings is 1. The molecule has 2 unspecified atom stereocenters. The highest BCUT2D eigenvalue weighted by Gasteiger charge is 2.32. The third-order valence-electron chi connectivity index (χ3n) is 7.34. The second-order valence-corrected chi connectivity index (χ2v) is 9.54. The molecule has 1 saturated heterocycles. The maximum Gasteiger partial charge on any atom is 0.253 e. The van der Waals surface area contributed by atoms with Crippen LogP contribution in [0.2, 0.25) is 0 Å². The Morgan fingerprint density at radius 2 is 1.54 bits per heavy atom. The van der Waals surface area contributed by atoms with Gasteiger partial charge < -0.3 is 21.3 Å². The van der Waals surface area contributed by atoms with Crippen molar-refractivity contribution in [3.05, 3.63) is 71.3 Å². The lowest BCUT2D eigenvalue weighted by Gasteiger charge is -2.37. The van der Waals surface area contributed by atoms with Crippen LogP contribution in [0.5, 0.6) is 0 Å². The zero-order valence-electron chi connectivity index (χ0n) is 21.4. The van der Waals surface area contributed by atoms with Gasteiger partial charge in [-0.15, -0.1) is 0 Å². The summed E-state index contributed by atoms with van der Waals surface area (Å²) in [5.41, 5.74) is 15.0. The molecule has 1 aliphatic heterocycles. The number of unbranched alkanes of at least 4 members (excludes halogenated alkanes) is 1. The van der Waals surface area contributed by atoms with Crippen molar-refractivity contribution in [2.75, 3.05) is 32.7 Å². The minimum Gasteiger partial charge on any atom is -0.341 e. The Kier molecular flexibility index (Phi) is 10.3. The lowest BCUT2D eigenvalue weighted by atomic mass is 9.76. The zero-order chi connectivity index (χ0) is 25.2. The first-order valence-corrected chi connectivity index (χ1v) is 13.2. The van der Waals surface area contributed by atoms with E-state index in [1.807, 2.05) is 41.8 Å². The highest BCUT2D eigenvalue weighted by Crippen LogP contribution is 2.38. The molecule has 2 amide bonds. The van der Waals surface area contributed by atoms with Gasteiger partial charge in [-0.05, 0) is 75.3 Å². The molecular weight excluding hydrogens is 436 g/mol. The first kappa shape index (κ1) is 26.9. The molecule has 0 aromatic heterocycles. The fraction of sp³-hybridized carbons (Fsp3) is 0.517. The van der Waals surface area contributed by atoms with Gasteiger partial charge in [-0.1, -0.05) is 48.9 Å². The number of rotatable bonds is 11. The Labute approximate surface area is 210 Å². The lowest BCUT2D eigenvalue weighted by Crippen LogP contribution is -2.47. The van der Waals surface area contributed by atoms with E-state index in [0.717, 1.165) is 44.3 Å². The summed E-state index contributed by atoms with van der Waals surface area (Å²) < 4.78 is 0. The summed E-state index contributed by atoms with van der Waals surface area (Å²) in [7, 11) is 0. The predicted molar refractivity (Wildman–Crippen MR) is 142 cm³/mol. The second kappa shape index (κ2) is 13.4. The molecule has 4 N–H and O–H groups in total. The molecule has 1 fully saturated rings. The molecule has 0 spiro atoms. The molecule has 1 heterocycles. The third-order valence-corrected chi connectivity index (χ3v) is 7.34. The summed E-state index contributed by atoms with van der Waals surface area (Å²) in [4.78, 5) is 29.4. The van der Waals surface area contributed by atoms with Crippen LogP contribution < -0.4 is 11.5 Å². The van der Waals surface area contributed by atoms with Gasteiger partial charge in [0.1, 0.15) is 0 Å². The first-order chi connectivity index (χ1) is 17.0. The van der Waals surface area contributed by atoms with Crippen molar-refractivity contribution in [2.45, 2.75) is 57.9 Å². The van der Waals surface area contributed by atoms with Crippen LogP contribution in [0.15, 0.2) is 54.6 Å². The van der Waals surface area contributed by atoms with Gasteiger partial charge in [0.05, 0.1) is 6.04 Å². The standard InChI is InChI=1S/C29H42N4O2/c1-3-32(4-2)28(34)25-15-13-23(14-16-25)27(22-10-6-5-7-11-22)24-17-20-33(21-18-24)29(35)26(31)12-8-9-19-30/h5-7,10-11,13-16,24,26-27H,3-4,8-9,12,17-21,30-31H2,1-2H3. The summed E-state index contributed by atoms with van der Waals surface area (Å²) in [5.74, 6) is 0.784. The van der Waals surface area contributed by atoms with E-state index in [2.05, 4.69) is 36.4 Å². The van der Waals surface area contributed by atoms with Gasteiger partial charge in [-0.3, -0.25) is 9.59 Å². The lowest BCUT2D eigenvalue weighted by molar-refractivity contribution is -0.134. The molecule has 1 aliphatic rings. The third kappa shape index (κ3) is 6.92. The van der Waals surface area contributed by atoms with Crippen LogP contribution >= 0.6 is 0 Å². The number of benzene rings is 2. The molecule has 35 heavy (non-hydrogen) atoms. The van der Waals surface area contributed by atoms with E-state index < -0.39 is 6.04 Å². The number of likely N-dealkylation sites (tertiary alicyclic amines) is 1. The van der Waals surface area contributed by atoms with Gasteiger partial charge in [0.25, 0.3) is 5.91 Å². The first-order valence-electron chi connectivity index (χ1n) is 13.2. The molecule has 0 aliphatic carbocycles. The summed E-state index contributed by atoms with van der Waals surface area (Å²) in [6, 6.07) is 18.3. The molecule has 6 heteroatoms. The number of amides is 2. The largest absolute Gasteiger partial charge is 0.341 e. The van der Waals surface area contributed by atoms with Crippen LogP contribution in [0.1, 0.15) is 73.4 Å². The number of nitrogens with two attached hydrogens (primary N) is 2. The molecule has 0 radical (unpaired) electrons. The second-order valence-electron chi connectivity index (χ2n) is 9.54. The predicted octanol–water partition coefficient (Wildman–Crippen LogP) is 4.00. The molecule has 0 saturated carbocycles. The summed E-state index contributed by atoms with van der Waals surface area (Å²) >= 11 is 0. The molecule has 2 atom stereocenters. The van der Waals surface area contributed by atoms with Crippen LogP contribution in [0.25, 0.3) is 0 Å². The normalized spacial score (nSPS) is 16.1. The van der Waals surface area contributed by atoms with Gasteiger partial charge in [0.2, 0.25) is 5.91 Å². The van der Waals surface area contributed by atoms with E-state index in [-0.39, 0.29) is 17.7 Å². The van der Waals surface area contributed by atoms with Crippen LogP contribution in [-0.4, -0.2) is 60.4 Å². The summed E-state index contributed by atoms with van der Waals surface area (Å²) in [6.45, 7) is 7.52. The van der Waals surface area contributed by atoms with Crippen LogP contribution in [-0.2, 0) is 4.79 Å². The molecule has 190 valence electrons. The average molecular weight is 479 g/mol. The van der Waals surface area contributed by atoms with E-state index >= 15 is 0 Å². The van der Waals surface area contributed by atoms with Crippen LogP contribution in [0, 0.1) is 5.92 Å². The molecule has 0 bridgehead atoms. The Hall–Kier alpha value is -2.70. The topological polar surface area (TPSA) is 92.7 Å². The van der Waals surface area contributed by atoms with E-state index in [1.165, 1.54) is 11.1 Å². The van der Waals surface area contributed by atoms with Crippen molar-refractivity contribution in [1.82, 2.24) is 9.80 Å². The monoisotopic (exact) mass is 478 g/mol. The van der Waals surface area contributed by atoms with E-state index in [1.54, 1.807) is 0 Å². The number of carbonyl (C=O) groups excluding carboxylic acids is 2. The van der Waals surface area contributed by atoms with E-state index in [9.17, 15) is 9.59 Å². The molecule has 2 aromatic rings. The molecule has 6 nitrogen and oxygen atoms in total. The van der Waals surface area contributed by atoms with Crippen molar-refractivity contribution in [2.24, 2.45) is 17.4 Å². The highest BCUT2D eigenvalue weighted by molar-refractivity contribution is 5.94. The Morgan fingerprint density at radius 1 is 0.943 bits per heavy atom. The number of hydrogen-bond acceptors (Lipinski definition) is 4. The van der Waals surface area contributed by atoms with Gasteiger partial charge in [-0.2, -0.15) is 0 Å². The van der Waals surface area contributed by atoms with Crippen molar-refractivity contribution in [1.29, 1.82) is 0 Å². The van der Waals surface area contributed by atoms with Gasteiger partial charge in [0, 0.05) is 37.7 Å². The van der Waals surface area contributed by atoms with Crippen LogP contribution in [0.3, 0.4) is 0 Å². The fourth-order valence-electron chi connectivity index (χ4n) is 5.24. The highest BCUT2D eigenvalue weighted by atomic mass is 16.2. The Morgan fingerprint density at radius 3 is 2.11 bits per heavy atom.